The molecule has 1 N–H and O–H groups in total. The molecule has 0 saturated carbocycles. The second kappa shape index (κ2) is 6.25. The van der Waals surface area contributed by atoms with E-state index in [0.717, 1.165) is 10.7 Å². The zero-order valence-corrected chi connectivity index (χ0v) is 14.8. The van der Waals surface area contributed by atoms with Gasteiger partial charge in [0.1, 0.15) is 0 Å². The van der Waals surface area contributed by atoms with Gasteiger partial charge in [0.05, 0.1) is 22.0 Å². The number of furan rings is 1. The highest BCUT2D eigenvalue weighted by Crippen LogP contribution is 2.22. The summed E-state index contributed by atoms with van der Waals surface area (Å²) in [6.07, 6.45) is 4.39. The lowest BCUT2D eigenvalue weighted by atomic mass is 10.2. The fourth-order valence-corrected chi connectivity index (χ4v) is 2.88. The smallest absolute Gasteiger partial charge is 0.291 e. The quantitative estimate of drug-likeness (QED) is 0.714. The zero-order chi connectivity index (χ0) is 17.3. The minimum atomic E-state index is -3.50. The number of para-hydroxylation sites is 2. The fraction of sp³-hybridized carbons (Fsp3) is 0.0667. The van der Waals surface area contributed by atoms with Gasteiger partial charge in [-0.3, -0.25) is 4.79 Å². The molecule has 3 aromatic rings. The third kappa shape index (κ3) is 3.41. The number of rotatable bonds is 4. The average Bonchev–Trinajstić information content (AvgIpc) is 3.16. The van der Waals surface area contributed by atoms with Gasteiger partial charge in [-0.05, 0) is 40.2 Å². The molecule has 9 heteroatoms. The van der Waals surface area contributed by atoms with Crippen molar-refractivity contribution in [1.82, 2.24) is 9.78 Å². The van der Waals surface area contributed by atoms with Crippen molar-refractivity contribution in [3.8, 4) is 5.69 Å². The predicted molar refractivity (Wildman–Crippen MR) is 91.0 cm³/mol. The maximum Gasteiger partial charge on any atom is 0.291 e. The molecule has 0 aliphatic heterocycles. The number of anilines is 1. The Bertz CT molecular complexity index is 1010. The number of sulfone groups is 1. The van der Waals surface area contributed by atoms with Crippen molar-refractivity contribution in [2.24, 2.45) is 0 Å². The highest BCUT2D eigenvalue weighted by molar-refractivity contribution is 9.10. The van der Waals surface area contributed by atoms with Gasteiger partial charge >= 0.3 is 0 Å². The Morgan fingerprint density at radius 2 is 2.00 bits per heavy atom. The van der Waals surface area contributed by atoms with Gasteiger partial charge in [0, 0.05) is 12.5 Å². The van der Waals surface area contributed by atoms with Crippen LogP contribution in [0.3, 0.4) is 0 Å². The summed E-state index contributed by atoms with van der Waals surface area (Å²) in [4.78, 5) is 12.3. The van der Waals surface area contributed by atoms with Crippen LogP contribution in [0.2, 0.25) is 0 Å². The van der Waals surface area contributed by atoms with Crippen LogP contribution in [0.25, 0.3) is 5.69 Å². The lowest BCUT2D eigenvalue weighted by molar-refractivity contribution is 0.0991. The van der Waals surface area contributed by atoms with Crippen molar-refractivity contribution in [3.05, 3.63) is 59.0 Å². The van der Waals surface area contributed by atoms with Crippen molar-refractivity contribution >= 4 is 37.4 Å². The van der Waals surface area contributed by atoms with Crippen molar-refractivity contribution in [2.75, 3.05) is 11.6 Å². The first kappa shape index (κ1) is 16.5. The van der Waals surface area contributed by atoms with Gasteiger partial charge < -0.3 is 9.73 Å². The van der Waals surface area contributed by atoms with Gasteiger partial charge in [0.15, 0.2) is 5.76 Å². The van der Waals surface area contributed by atoms with E-state index in [2.05, 4.69) is 26.3 Å². The number of carbonyl (C=O) groups is 1. The molecule has 0 aliphatic carbocycles. The number of amides is 1. The van der Waals surface area contributed by atoms with E-state index in [-0.39, 0.29) is 10.9 Å². The Kier molecular flexibility index (Phi) is 4.29. The number of benzene rings is 1. The van der Waals surface area contributed by atoms with Gasteiger partial charge in [0.25, 0.3) is 5.91 Å². The summed E-state index contributed by atoms with van der Waals surface area (Å²) in [6, 6.07) is 9.65. The lowest BCUT2D eigenvalue weighted by Crippen LogP contribution is -2.13. The number of hydrogen-bond acceptors (Lipinski definition) is 5. The molecule has 1 amide bonds. The molecular weight excluding hydrogens is 398 g/mol. The normalized spacial score (nSPS) is 11.4. The Balaban J connectivity index is 1.89. The monoisotopic (exact) mass is 409 g/mol. The Morgan fingerprint density at radius 3 is 2.62 bits per heavy atom. The molecule has 0 fully saturated rings. The summed E-state index contributed by atoms with van der Waals surface area (Å²) in [5, 5.41) is 6.62. The average molecular weight is 410 g/mol. The minimum absolute atomic E-state index is 0.0909. The molecule has 2 heterocycles. The second-order valence-corrected chi connectivity index (χ2v) is 7.83. The molecule has 0 spiro atoms. The highest BCUT2D eigenvalue weighted by Gasteiger charge is 2.18. The van der Waals surface area contributed by atoms with E-state index < -0.39 is 15.7 Å². The first-order valence-electron chi connectivity index (χ1n) is 6.75. The van der Waals surface area contributed by atoms with Crippen molar-refractivity contribution in [3.63, 3.8) is 0 Å². The molecule has 1 aromatic carbocycles. The molecular formula is C15H12BrN3O4S. The number of nitrogens with one attached hydrogen (secondary N) is 1. The van der Waals surface area contributed by atoms with Crippen molar-refractivity contribution in [1.29, 1.82) is 0 Å². The van der Waals surface area contributed by atoms with Gasteiger partial charge in [-0.2, -0.15) is 5.10 Å². The minimum Gasteiger partial charge on any atom is -0.440 e. The Hall–Kier alpha value is -2.39. The van der Waals surface area contributed by atoms with E-state index in [1.54, 1.807) is 35.3 Å². The zero-order valence-electron chi connectivity index (χ0n) is 12.4. The van der Waals surface area contributed by atoms with Crippen LogP contribution < -0.4 is 5.32 Å². The van der Waals surface area contributed by atoms with Gasteiger partial charge in [-0.25, -0.2) is 13.1 Å². The second-order valence-electron chi connectivity index (χ2n) is 4.97. The van der Waals surface area contributed by atoms with Crippen molar-refractivity contribution < 1.29 is 17.6 Å². The summed E-state index contributed by atoms with van der Waals surface area (Å²) in [5.41, 5.74) is 1.17. The lowest BCUT2D eigenvalue weighted by Gasteiger charge is -2.10. The molecule has 0 atom stereocenters. The van der Waals surface area contributed by atoms with Gasteiger partial charge in [-0.15, -0.1) is 0 Å². The Labute approximate surface area is 146 Å². The van der Waals surface area contributed by atoms with E-state index >= 15 is 0 Å². The third-order valence-electron chi connectivity index (χ3n) is 3.12. The molecule has 7 nitrogen and oxygen atoms in total. The number of carbonyl (C=O) groups excluding carboxylic acids is 1. The molecule has 0 aliphatic rings. The molecule has 0 bridgehead atoms. The summed E-state index contributed by atoms with van der Waals surface area (Å²) in [7, 11) is -3.50. The van der Waals surface area contributed by atoms with Crippen LogP contribution in [-0.2, 0) is 9.84 Å². The predicted octanol–water partition coefficient (Wildman–Crippen LogP) is 2.88. The summed E-state index contributed by atoms with van der Waals surface area (Å²) in [5.74, 6) is -0.643. The summed E-state index contributed by atoms with van der Waals surface area (Å²) < 4.78 is 30.4. The standard InChI is InChI=1S/C15H12BrN3O4S/c1-24(21,22)14-7-6-13(23-14)15(20)18-11-4-2-3-5-12(11)19-9-10(16)8-17-19/h2-9H,1H3,(H,18,20). The van der Waals surface area contributed by atoms with Crippen molar-refractivity contribution in [2.45, 2.75) is 5.09 Å². The summed E-state index contributed by atoms with van der Waals surface area (Å²) in [6.45, 7) is 0. The van der Waals surface area contributed by atoms with E-state index in [1.807, 2.05) is 6.07 Å². The highest BCUT2D eigenvalue weighted by atomic mass is 79.9. The maximum atomic E-state index is 12.3. The van der Waals surface area contributed by atoms with Gasteiger partial charge in [0.2, 0.25) is 14.9 Å². The number of aromatic nitrogens is 2. The van der Waals surface area contributed by atoms with E-state index in [4.69, 9.17) is 4.42 Å². The summed E-state index contributed by atoms with van der Waals surface area (Å²) >= 11 is 3.32. The van der Waals surface area contributed by atoms with E-state index in [0.29, 0.717) is 11.4 Å². The third-order valence-corrected chi connectivity index (χ3v) is 4.48. The number of nitrogens with zero attached hydrogens (tertiary/aromatic N) is 2. The van der Waals surface area contributed by atoms with Crippen LogP contribution in [0, 0.1) is 0 Å². The van der Waals surface area contributed by atoms with Crippen LogP contribution in [0.5, 0.6) is 0 Å². The molecule has 2 aromatic heterocycles. The van der Waals surface area contributed by atoms with Crippen LogP contribution in [0.4, 0.5) is 5.69 Å². The molecule has 3 rings (SSSR count). The van der Waals surface area contributed by atoms with Crippen LogP contribution in [0.15, 0.2) is 62.8 Å². The van der Waals surface area contributed by atoms with Crippen LogP contribution in [0.1, 0.15) is 10.6 Å². The topological polar surface area (TPSA) is 94.2 Å². The Morgan fingerprint density at radius 1 is 1.25 bits per heavy atom. The molecule has 124 valence electrons. The number of hydrogen-bond donors (Lipinski definition) is 1. The first-order chi connectivity index (χ1) is 11.3. The largest absolute Gasteiger partial charge is 0.440 e. The molecule has 0 radical (unpaired) electrons. The number of halogens is 1. The SMILES string of the molecule is CS(=O)(=O)c1ccc(C(=O)Nc2ccccc2-n2cc(Br)cn2)o1. The molecule has 0 unspecified atom stereocenters. The maximum absolute atomic E-state index is 12.3. The van der Waals surface area contributed by atoms with Crippen LogP contribution in [-0.4, -0.2) is 30.4 Å². The van der Waals surface area contributed by atoms with Crippen LogP contribution >= 0.6 is 15.9 Å². The first-order valence-corrected chi connectivity index (χ1v) is 9.44. The fourth-order valence-electron chi connectivity index (χ4n) is 2.04. The molecule has 24 heavy (non-hydrogen) atoms. The van der Waals surface area contributed by atoms with E-state index in [1.165, 1.54) is 12.1 Å². The molecule has 0 saturated heterocycles. The van der Waals surface area contributed by atoms with E-state index in [9.17, 15) is 13.2 Å². The van der Waals surface area contributed by atoms with Gasteiger partial charge in [-0.1, -0.05) is 12.1 Å².